The van der Waals surface area contributed by atoms with Gasteiger partial charge in [-0.15, -0.1) is 0 Å². The number of carbonyl (C=O) groups is 1. The zero-order valence-corrected chi connectivity index (χ0v) is 18.7. The van der Waals surface area contributed by atoms with Gasteiger partial charge in [-0.05, 0) is 49.9 Å². The minimum Gasteiger partial charge on any atom is -0.391 e. The van der Waals surface area contributed by atoms with E-state index in [2.05, 4.69) is 25.2 Å². The summed E-state index contributed by atoms with van der Waals surface area (Å²) in [6.07, 6.45) is 4.87. The van der Waals surface area contributed by atoms with Crippen molar-refractivity contribution >= 4 is 51.5 Å². The van der Waals surface area contributed by atoms with Gasteiger partial charge in [0, 0.05) is 41.4 Å². The van der Waals surface area contributed by atoms with E-state index in [0.717, 1.165) is 42.8 Å². The van der Waals surface area contributed by atoms with Crippen LogP contribution in [0.2, 0.25) is 10.0 Å². The molecule has 31 heavy (non-hydrogen) atoms. The van der Waals surface area contributed by atoms with Crippen LogP contribution in [0.15, 0.2) is 36.8 Å². The fourth-order valence-electron chi connectivity index (χ4n) is 4.23. The zero-order valence-electron chi connectivity index (χ0n) is 17.2. The van der Waals surface area contributed by atoms with Gasteiger partial charge in [-0.3, -0.25) is 4.79 Å². The Labute approximate surface area is 190 Å². The Morgan fingerprint density at radius 3 is 2.84 bits per heavy atom. The molecule has 7 nitrogen and oxygen atoms in total. The molecule has 1 fully saturated rings. The molecule has 164 valence electrons. The van der Waals surface area contributed by atoms with Crippen LogP contribution < -0.4 is 10.2 Å². The summed E-state index contributed by atoms with van der Waals surface area (Å²) in [5.41, 5.74) is 1.42. The number of anilines is 2. The molecule has 0 aliphatic carbocycles. The number of carbonyl (C=O) groups excluding carboxylic acids is 1. The van der Waals surface area contributed by atoms with Crippen LogP contribution in [0.25, 0.3) is 11.0 Å². The number of hydrogen-bond acceptors (Lipinski definition) is 6. The van der Waals surface area contributed by atoms with Crippen molar-refractivity contribution in [2.75, 3.05) is 23.3 Å². The van der Waals surface area contributed by atoms with E-state index in [0.29, 0.717) is 22.2 Å². The standard InChI is InChI=1S/C22H25Cl2N5O2/c1-13(30)20(28-17-9-15(23)8-16(24)10-17)19(31)7-14-3-2-6-29(11-14)22-18-4-5-25-21(18)26-12-27-22/h4-5,8-10,12-14,20,28,30H,2-3,6-7,11H2,1H3,(H,25,26,27)/t13-,14-,20+/m0/s1. The average molecular weight is 462 g/mol. The molecule has 1 aromatic carbocycles. The van der Waals surface area contributed by atoms with E-state index in [1.54, 1.807) is 31.5 Å². The van der Waals surface area contributed by atoms with E-state index in [1.165, 1.54) is 0 Å². The number of fused-ring (bicyclic) bond motifs is 1. The number of H-pyrrole nitrogens is 1. The summed E-state index contributed by atoms with van der Waals surface area (Å²) in [4.78, 5) is 27.2. The van der Waals surface area contributed by atoms with Gasteiger partial charge < -0.3 is 20.3 Å². The summed E-state index contributed by atoms with van der Waals surface area (Å²) in [5, 5.41) is 15.3. The highest BCUT2D eigenvalue weighted by Gasteiger charge is 2.29. The van der Waals surface area contributed by atoms with Gasteiger partial charge in [-0.2, -0.15) is 0 Å². The fourth-order valence-corrected chi connectivity index (χ4v) is 4.76. The smallest absolute Gasteiger partial charge is 0.158 e. The number of aliphatic hydroxyl groups excluding tert-OH is 1. The van der Waals surface area contributed by atoms with Crippen molar-refractivity contribution in [3.8, 4) is 0 Å². The van der Waals surface area contributed by atoms with Crippen LogP contribution in [0.1, 0.15) is 26.2 Å². The van der Waals surface area contributed by atoms with Crippen LogP contribution in [0.4, 0.5) is 11.5 Å². The Hall–Kier alpha value is -2.35. The first kappa shape index (κ1) is 21.9. The number of piperidine rings is 1. The second kappa shape index (κ2) is 9.42. The first-order chi connectivity index (χ1) is 14.9. The molecule has 0 unspecified atom stereocenters. The third kappa shape index (κ3) is 5.11. The molecule has 0 spiro atoms. The number of aromatic amines is 1. The number of halogens is 2. The minimum atomic E-state index is -0.855. The third-order valence-electron chi connectivity index (χ3n) is 5.66. The molecule has 0 radical (unpaired) electrons. The molecule has 1 aliphatic heterocycles. The number of aromatic nitrogens is 3. The number of nitrogens with zero attached hydrogens (tertiary/aromatic N) is 3. The van der Waals surface area contributed by atoms with Crippen molar-refractivity contribution in [2.24, 2.45) is 5.92 Å². The van der Waals surface area contributed by atoms with Gasteiger partial charge in [0.25, 0.3) is 0 Å². The predicted octanol–water partition coefficient (Wildman–Crippen LogP) is 4.30. The molecule has 3 N–H and O–H groups in total. The number of rotatable bonds is 7. The molecule has 2 aromatic heterocycles. The zero-order chi connectivity index (χ0) is 22.0. The number of Topliss-reactive ketones (excluding diaryl/α,β-unsaturated/α-hetero) is 1. The lowest BCUT2D eigenvalue weighted by atomic mass is 9.89. The van der Waals surface area contributed by atoms with Crippen LogP contribution in [0.5, 0.6) is 0 Å². The molecule has 9 heteroatoms. The normalized spacial score (nSPS) is 18.7. The van der Waals surface area contributed by atoms with Gasteiger partial charge in [-0.25, -0.2) is 9.97 Å². The molecule has 3 heterocycles. The highest BCUT2D eigenvalue weighted by molar-refractivity contribution is 6.35. The highest BCUT2D eigenvalue weighted by atomic mass is 35.5. The maximum Gasteiger partial charge on any atom is 0.158 e. The molecule has 0 amide bonds. The summed E-state index contributed by atoms with van der Waals surface area (Å²) in [6.45, 7) is 3.23. The SMILES string of the molecule is C[C@H](O)[C@@H](Nc1cc(Cl)cc(Cl)c1)C(=O)C[C@@H]1CCCN(c2ncnc3[nH]ccc23)C1. The lowest BCUT2D eigenvalue weighted by Crippen LogP contribution is -2.42. The number of hydrogen-bond donors (Lipinski definition) is 3. The molecule has 3 aromatic rings. The second-order valence-electron chi connectivity index (χ2n) is 8.08. The first-order valence-corrected chi connectivity index (χ1v) is 11.1. The maximum absolute atomic E-state index is 13.1. The van der Waals surface area contributed by atoms with Gasteiger partial charge in [-0.1, -0.05) is 23.2 Å². The van der Waals surface area contributed by atoms with E-state index in [-0.39, 0.29) is 11.7 Å². The van der Waals surface area contributed by atoms with Crippen molar-refractivity contribution in [2.45, 2.75) is 38.3 Å². The van der Waals surface area contributed by atoms with E-state index >= 15 is 0 Å². The second-order valence-corrected chi connectivity index (χ2v) is 8.96. The van der Waals surface area contributed by atoms with Crippen molar-refractivity contribution < 1.29 is 9.90 Å². The lowest BCUT2D eigenvalue weighted by Gasteiger charge is -2.34. The molecule has 1 aliphatic rings. The van der Waals surface area contributed by atoms with E-state index < -0.39 is 12.1 Å². The van der Waals surface area contributed by atoms with Crippen molar-refractivity contribution in [1.82, 2.24) is 15.0 Å². The summed E-state index contributed by atoms with van der Waals surface area (Å²) >= 11 is 12.1. The molecule has 1 saturated heterocycles. The van der Waals surface area contributed by atoms with E-state index in [1.807, 2.05) is 12.3 Å². The van der Waals surface area contributed by atoms with Crippen LogP contribution >= 0.6 is 23.2 Å². The fraction of sp³-hybridized carbons (Fsp3) is 0.409. The van der Waals surface area contributed by atoms with Gasteiger partial charge in [0.1, 0.15) is 23.8 Å². The van der Waals surface area contributed by atoms with Crippen LogP contribution in [0, 0.1) is 5.92 Å². The van der Waals surface area contributed by atoms with Gasteiger partial charge in [0.05, 0.1) is 11.5 Å². The number of ketones is 1. The van der Waals surface area contributed by atoms with Crippen LogP contribution in [0.3, 0.4) is 0 Å². The largest absolute Gasteiger partial charge is 0.391 e. The van der Waals surface area contributed by atoms with Crippen molar-refractivity contribution in [3.63, 3.8) is 0 Å². The number of aliphatic hydroxyl groups is 1. The van der Waals surface area contributed by atoms with Gasteiger partial charge >= 0.3 is 0 Å². The quantitative estimate of drug-likeness (QED) is 0.485. The highest BCUT2D eigenvalue weighted by Crippen LogP contribution is 2.29. The number of benzene rings is 1. The monoisotopic (exact) mass is 461 g/mol. The first-order valence-electron chi connectivity index (χ1n) is 10.4. The van der Waals surface area contributed by atoms with E-state index in [4.69, 9.17) is 23.2 Å². The Morgan fingerprint density at radius 1 is 1.32 bits per heavy atom. The third-order valence-corrected chi connectivity index (χ3v) is 6.09. The van der Waals surface area contributed by atoms with E-state index in [9.17, 15) is 9.90 Å². The van der Waals surface area contributed by atoms with Crippen molar-refractivity contribution in [3.05, 3.63) is 46.8 Å². The Morgan fingerprint density at radius 2 is 2.10 bits per heavy atom. The topological polar surface area (TPSA) is 94.1 Å². The molecule has 0 saturated carbocycles. The van der Waals surface area contributed by atoms with Crippen LogP contribution in [-0.4, -0.2) is 51.1 Å². The Balaban J connectivity index is 1.45. The maximum atomic E-state index is 13.1. The Bertz CT molecular complexity index is 1050. The summed E-state index contributed by atoms with van der Waals surface area (Å²) < 4.78 is 0. The average Bonchev–Trinajstić information content (AvgIpc) is 3.20. The van der Waals surface area contributed by atoms with Crippen LogP contribution in [-0.2, 0) is 4.79 Å². The van der Waals surface area contributed by atoms with Gasteiger partial charge in [0.2, 0.25) is 0 Å². The molecule has 0 bridgehead atoms. The molecular weight excluding hydrogens is 437 g/mol. The predicted molar refractivity (Wildman–Crippen MR) is 124 cm³/mol. The molecule has 3 atom stereocenters. The van der Waals surface area contributed by atoms with Crippen molar-refractivity contribution in [1.29, 1.82) is 0 Å². The molecule has 4 rings (SSSR count). The Kier molecular flexibility index (Phi) is 6.65. The van der Waals surface area contributed by atoms with Gasteiger partial charge in [0.15, 0.2) is 5.78 Å². The number of nitrogens with one attached hydrogen (secondary N) is 2. The minimum absolute atomic E-state index is 0.0348. The molecular formula is C22H25Cl2N5O2. The lowest BCUT2D eigenvalue weighted by molar-refractivity contribution is -0.122. The summed E-state index contributed by atoms with van der Waals surface area (Å²) in [7, 11) is 0. The summed E-state index contributed by atoms with van der Waals surface area (Å²) in [5.74, 6) is 1.03. The summed E-state index contributed by atoms with van der Waals surface area (Å²) in [6, 6.07) is 6.24.